The van der Waals surface area contributed by atoms with Gasteiger partial charge in [-0.25, -0.2) is 4.98 Å². The molecular formula is C19H23ClN2O. The van der Waals surface area contributed by atoms with Crippen LogP contribution in [0.25, 0.3) is 0 Å². The molecule has 3 nitrogen and oxygen atoms in total. The first kappa shape index (κ1) is 17.5. The van der Waals surface area contributed by atoms with Crippen LogP contribution in [0.4, 0.5) is 0 Å². The number of hydrogen-bond donors (Lipinski definition) is 1. The SMILES string of the molecule is CC(C)Cc1ccc(C(C)NC(=O)Cc2ccc(Cl)nc2)cc1. The lowest BCUT2D eigenvalue weighted by Gasteiger charge is -2.15. The summed E-state index contributed by atoms with van der Waals surface area (Å²) in [5.41, 5.74) is 3.29. The van der Waals surface area contributed by atoms with Gasteiger partial charge in [0.05, 0.1) is 12.5 Å². The molecule has 4 heteroatoms. The number of nitrogens with zero attached hydrogens (tertiary/aromatic N) is 1. The van der Waals surface area contributed by atoms with Crippen LogP contribution < -0.4 is 5.32 Å². The molecule has 0 aliphatic heterocycles. The fraction of sp³-hybridized carbons (Fsp3) is 0.368. The second-order valence-corrected chi connectivity index (χ2v) is 6.68. The molecule has 0 aliphatic rings. The van der Waals surface area contributed by atoms with E-state index in [-0.39, 0.29) is 11.9 Å². The minimum absolute atomic E-state index is 0.0177. The Hall–Kier alpha value is -1.87. The second-order valence-electron chi connectivity index (χ2n) is 6.29. The van der Waals surface area contributed by atoms with Gasteiger partial charge in [-0.1, -0.05) is 55.8 Å². The van der Waals surface area contributed by atoms with Gasteiger partial charge in [-0.05, 0) is 42.0 Å². The van der Waals surface area contributed by atoms with Crippen molar-refractivity contribution >= 4 is 17.5 Å². The highest BCUT2D eigenvalue weighted by molar-refractivity contribution is 6.29. The summed E-state index contributed by atoms with van der Waals surface area (Å²) in [6.07, 6.45) is 3.01. The van der Waals surface area contributed by atoms with Gasteiger partial charge < -0.3 is 5.32 Å². The van der Waals surface area contributed by atoms with E-state index < -0.39 is 0 Å². The predicted octanol–water partition coefficient (Wildman–Crippen LogP) is 4.35. The Morgan fingerprint density at radius 2 is 1.74 bits per heavy atom. The van der Waals surface area contributed by atoms with E-state index in [1.807, 2.05) is 13.0 Å². The summed E-state index contributed by atoms with van der Waals surface area (Å²) >= 11 is 5.75. The fourth-order valence-electron chi connectivity index (χ4n) is 2.49. The fourth-order valence-corrected chi connectivity index (χ4v) is 2.60. The number of carbonyl (C=O) groups excluding carboxylic acids is 1. The zero-order valence-corrected chi connectivity index (χ0v) is 14.6. The van der Waals surface area contributed by atoms with Gasteiger partial charge in [0.2, 0.25) is 5.91 Å². The minimum Gasteiger partial charge on any atom is -0.349 e. The van der Waals surface area contributed by atoms with Crippen molar-refractivity contribution in [3.05, 3.63) is 64.4 Å². The van der Waals surface area contributed by atoms with Crippen molar-refractivity contribution in [3.63, 3.8) is 0 Å². The van der Waals surface area contributed by atoms with Crippen molar-refractivity contribution < 1.29 is 4.79 Å². The molecule has 0 aliphatic carbocycles. The molecule has 1 heterocycles. The molecule has 1 N–H and O–H groups in total. The van der Waals surface area contributed by atoms with Gasteiger partial charge in [-0.15, -0.1) is 0 Å². The summed E-state index contributed by atoms with van der Waals surface area (Å²) in [6, 6.07) is 12.0. The second kappa shape index (κ2) is 8.11. The molecule has 0 radical (unpaired) electrons. The predicted molar refractivity (Wildman–Crippen MR) is 94.5 cm³/mol. The standard InChI is InChI=1S/C19H23ClN2O/c1-13(2)10-15-4-7-17(8-5-15)14(3)22-19(23)11-16-6-9-18(20)21-12-16/h4-9,12-14H,10-11H2,1-3H3,(H,22,23). The number of halogens is 1. The monoisotopic (exact) mass is 330 g/mol. The Labute approximate surface area is 143 Å². The van der Waals surface area contributed by atoms with Crippen LogP contribution in [0.5, 0.6) is 0 Å². The van der Waals surface area contributed by atoms with E-state index >= 15 is 0 Å². The lowest BCUT2D eigenvalue weighted by molar-refractivity contribution is -0.121. The maximum Gasteiger partial charge on any atom is 0.224 e. The molecule has 1 atom stereocenters. The van der Waals surface area contributed by atoms with E-state index in [0.717, 1.165) is 17.5 Å². The van der Waals surface area contributed by atoms with Crippen molar-refractivity contribution in [3.8, 4) is 0 Å². The number of aromatic nitrogens is 1. The molecule has 0 fully saturated rings. The van der Waals surface area contributed by atoms with Crippen LogP contribution in [0.1, 0.15) is 43.5 Å². The lowest BCUT2D eigenvalue weighted by atomic mass is 10.00. The molecular weight excluding hydrogens is 308 g/mol. The number of amides is 1. The normalized spacial score (nSPS) is 12.2. The minimum atomic E-state index is -0.0205. The van der Waals surface area contributed by atoms with Gasteiger partial charge in [-0.3, -0.25) is 4.79 Å². The summed E-state index contributed by atoms with van der Waals surface area (Å²) in [5.74, 6) is 0.624. The first-order valence-corrected chi connectivity index (χ1v) is 8.30. The summed E-state index contributed by atoms with van der Waals surface area (Å²) in [5, 5.41) is 3.45. The molecule has 0 bridgehead atoms. The highest BCUT2D eigenvalue weighted by Crippen LogP contribution is 2.16. The lowest BCUT2D eigenvalue weighted by Crippen LogP contribution is -2.28. The average Bonchev–Trinajstić information content (AvgIpc) is 2.49. The molecule has 122 valence electrons. The number of pyridine rings is 1. The van der Waals surface area contributed by atoms with Crippen molar-refractivity contribution in [2.24, 2.45) is 5.92 Å². The molecule has 0 spiro atoms. The van der Waals surface area contributed by atoms with Gasteiger partial charge in [0.25, 0.3) is 0 Å². The van der Waals surface area contributed by atoms with E-state index in [1.165, 1.54) is 5.56 Å². The number of hydrogen-bond acceptors (Lipinski definition) is 2. The Balaban J connectivity index is 1.91. The maximum atomic E-state index is 12.1. The van der Waals surface area contributed by atoms with Crippen LogP contribution in [0, 0.1) is 5.92 Å². The summed E-state index contributed by atoms with van der Waals surface area (Å²) < 4.78 is 0. The Kier molecular flexibility index (Phi) is 6.17. The van der Waals surface area contributed by atoms with Gasteiger partial charge >= 0.3 is 0 Å². The highest BCUT2D eigenvalue weighted by Gasteiger charge is 2.10. The third-order valence-corrected chi connectivity index (χ3v) is 3.88. The van der Waals surface area contributed by atoms with E-state index in [2.05, 4.69) is 48.4 Å². The van der Waals surface area contributed by atoms with Gasteiger partial charge in [0.15, 0.2) is 0 Å². The van der Waals surface area contributed by atoms with Gasteiger partial charge in [-0.2, -0.15) is 0 Å². The van der Waals surface area contributed by atoms with Gasteiger partial charge in [0.1, 0.15) is 5.15 Å². The number of benzene rings is 1. The molecule has 1 aromatic heterocycles. The zero-order valence-electron chi connectivity index (χ0n) is 13.8. The molecule has 0 saturated heterocycles. The Morgan fingerprint density at radius 1 is 1.09 bits per heavy atom. The Bertz CT molecular complexity index is 635. The van der Waals surface area contributed by atoms with Crippen molar-refractivity contribution in [2.75, 3.05) is 0 Å². The smallest absolute Gasteiger partial charge is 0.224 e. The molecule has 1 amide bonds. The van der Waals surface area contributed by atoms with Crippen LogP contribution in [0.15, 0.2) is 42.6 Å². The van der Waals surface area contributed by atoms with Crippen LogP contribution in [0.2, 0.25) is 5.15 Å². The Morgan fingerprint density at radius 3 is 2.30 bits per heavy atom. The van der Waals surface area contributed by atoms with E-state index in [1.54, 1.807) is 12.3 Å². The van der Waals surface area contributed by atoms with E-state index in [9.17, 15) is 4.79 Å². The number of nitrogens with one attached hydrogen (secondary N) is 1. The molecule has 1 unspecified atom stereocenters. The maximum absolute atomic E-state index is 12.1. The zero-order chi connectivity index (χ0) is 16.8. The summed E-state index contributed by atoms with van der Waals surface area (Å²) in [7, 11) is 0. The summed E-state index contributed by atoms with van der Waals surface area (Å²) in [4.78, 5) is 16.1. The largest absolute Gasteiger partial charge is 0.349 e. The highest BCUT2D eigenvalue weighted by atomic mass is 35.5. The first-order valence-electron chi connectivity index (χ1n) is 7.92. The molecule has 2 rings (SSSR count). The van der Waals surface area contributed by atoms with Crippen molar-refractivity contribution in [2.45, 2.75) is 39.7 Å². The summed E-state index contributed by atoms with van der Waals surface area (Å²) in [6.45, 7) is 6.42. The van der Waals surface area contributed by atoms with E-state index in [0.29, 0.717) is 17.5 Å². The van der Waals surface area contributed by atoms with Gasteiger partial charge in [0, 0.05) is 6.20 Å². The van der Waals surface area contributed by atoms with Crippen LogP contribution >= 0.6 is 11.6 Å². The third kappa shape index (κ3) is 5.68. The van der Waals surface area contributed by atoms with Crippen molar-refractivity contribution in [1.29, 1.82) is 0 Å². The third-order valence-electron chi connectivity index (χ3n) is 3.65. The molecule has 0 saturated carbocycles. The topological polar surface area (TPSA) is 42.0 Å². The van der Waals surface area contributed by atoms with E-state index in [4.69, 9.17) is 11.6 Å². The van der Waals surface area contributed by atoms with Crippen LogP contribution in [-0.2, 0) is 17.6 Å². The first-order chi connectivity index (χ1) is 10.9. The number of rotatable bonds is 6. The molecule has 1 aromatic carbocycles. The average molecular weight is 331 g/mol. The van der Waals surface area contributed by atoms with Crippen molar-refractivity contribution in [1.82, 2.24) is 10.3 Å². The van der Waals surface area contributed by atoms with Crippen LogP contribution in [0.3, 0.4) is 0 Å². The van der Waals surface area contributed by atoms with Crippen LogP contribution in [-0.4, -0.2) is 10.9 Å². The molecule has 23 heavy (non-hydrogen) atoms. The number of carbonyl (C=O) groups is 1. The molecule has 2 aromatic rings. The quantitative estimate of drug-likeness (QED) is 0.800.